The second-order valence-electron chi connectivity index (χ2n) is 6.56. The number of aryl methyl sites for hydroxylation is 2. The molecule has 0 aliphatic carbocycles. The maximum absolute atomic E-state index is 14.2. The summed E-state index contributed by atoms with van der Waals surface area (Å²) in [5.41, 5.74) is 0.174. The standard InChI is InChI=1S/C18H21FN2O3/c1-11-7-6-8-13(19)15(11)21-12(2)9-10-14(16(21)22)20-17(23)24-18(3,4)5/h6-10H,1-5H3,(H,20,23). The Morgan fingerprint density at radius 1 is 1.17 bits per heavy atom. The fourth-order valence-corrected chi connectivity index (χ4v) is 2.32. The van der Waals surface area contributed by atoms with Crippen LogP contribution in [0.25, 0.3) is 5.69 Å². The van der Waals surface area contributed by atoms with Crippen LogP contribution in [-0.2, 0) is 4.74 Å². The minimum absolute atomic E-state index is 0.0255. The molecule has 0 aliphatic rings. The molecule has 1 heterocycles. The lowest BCUT2D eigenvalue weighted by Crippen LogP contribution is -2.31. The number of para-hydroxylation sites is 1. The highest BCUT2D eigenvalue weighted by Crippen LogP contribution is 2.19. The van der Waals surface area contributed by atoms with E-state index in [4.69, 9.17) is 4.74 Å². The van der Waals surface area contributed by atoms with E-state index in [1.165, 1.54) is 16.7 Å². The predicted molar refractivity (Wildman–Crippen MR) is 91.3 cm³/mol. The highest BCUT2D eigenvalue weighted by atomic mass is 19.1. The summed E-state index contributed by atoms with van der Waals surface area (Å²) in [5, 5.41) is 2.43. The SMILES string of the molecule is Cc1cccc(F)c1-n1c(C)ccc(NC(=O)OC(C)(C)C)c1=O. The number of carbonyl (C=O) groups excluding carboxylic acids is 1. The Morgan fingerprint density at radius 3 is 2.42 bits per heavy atom. The summed E-state index contributed by atoms with van der Waals surface area (Å²) < 4.78 is 20.6. The van der Waals surface area contributed by atoms with Gasteiger partial charge < -0.3 is 4.74 Å². The van der Waals surface area contributed by atoms with Crippen molar-refractivity contribution < 1.29 is 13.9 Å². The van der Waals surface area contributed by atoms with Crippen LogP contribution in [-0.4, -0.2) is 16.3 Å². The number of benzene rings is 1. The van der Waals surface area contributed by atoms with Crippen molar-refractivity contribution >= 4 is 11.8 Å². The van der Waals surface area contributed by atoms with Crippen molar-refractivity contribution in [3.05, 3.63) is 57.8 Å². The molecule has 0 saturated heterocycles. The summed E-state index contributed by atoms with van der Waals surface area (Å²) in [6, 6.07) is 7.71. The van der Waals surface area contributed by atoms with Crippen molar-refractivity contribution in [1.29, 1.82) is 0 Å². The lowest BCUT2D eigenvalue weighted by molar-refractivity contribution is 0.0635. The van der Waals surface area contributed by atoms with E-state index in [0.29, 0.717) is 11.3 Å². The molecule has 1 aromatic carbocycles. The maximum atomic E-state index is 14.2. The average Bonchev–Trinajstić information content (AvgIpc) is 2.43. The van der Waals surface area contributed by atoms with Crippen molar-refractivity contribution in [2.45, 2.75) is 40.2 Å². The van der Waals surface area contributed by atoms with Gasteiger partial charge >= 0.3 is 6.09 Å². The van der Waals surface area contributed by atoms with Crippen molar-refractivity contribution in [3.8, 4) is 5.69 Å². The number of rotatable bonds is 2. The third kappa shape index (κ3) is 3.82. The Kier molecular flexibility index (Phi) is 4.78. The lowest BCUT2D eigenvalue weighted by Gasteiger charge is -2.20. The highest BCUT2D eigenvalue weighted by Gasteiger charge is 2.19. The first-order valence-corrected chi connectivity index (χ1v) is 7.58. The van der Waals surface area contributed by atoms with Gasteiger partial charge in [0.2, 0.25) is 0 Å². The van der Waals surface area contributed by atoms with E-state index in [2.05, 4.69) is 5.32 Å². The smallest absolute Gasteiger partial charge is 0.412 e. The first-order valence-electron chi connectivity index (χ1n) is 7.58. The number of hydrogen-bond acceptors (Lipinski definition) is 3. The summed E-state index contributed by atoms with van der Waals surface area (Å²) in [4.78, 5) is 24.6. The number of halogens is 1. The number of nitrogens with zero attached hydrogens (tertiary/aromatic N) is 1. The van der Waals surface area contributed by atoms with Gasteiger partial charge in [-0.15, -0.1) is 0 Å². The zero-order valence-electron chi connectivity index (χ0n) is 14.4. The van der Waals surface area contributed by atoms with Crippen LogP contribution < -0.4 is 10.9 Å². The molecule has 1 N–H and O–H groups in total. The Morgan fingerprint density at radius 2 is 1.83 bits per heavy atom. The molecule has 2 aromatic rings. The zero-order chi connectivity index (χ0) is 18.1. The fourth-order valence-electron chi connectivity index (χ4n) is 2.32. The first kappa shape index (κ1) is 17.7. The Balaban J connectivity index is 2.49. The van der Waals surface area contributed by atoms with Gasteiger partial charge in [0.15, 0.2) is 0 Å². The molecule has 0 bridgehead atoms. The van der Waals surface area contributed by atoms with Gasteiger partial charge in [0.1, 0.15) is 17.1 Å². The number of amides is 1. The van der Waals surface area contributed by atoms with E-state index in [9.17, 15) is 14.0 Å². The largest absolute Gasteiger partial charge is 0.444 e. The van der Waals surface area contributed by atoms with Crippen molar-refractivity contribution in [3.63, 3.8) is 0 Å². The maximum Gasteiger partial charge on any atom is 0.412 e. The topological polar surface area (TPSA) is 60.3 Å². The highest BCUT2D eigenvalue weighted by molar-refractivity contribution is 5.84. The zero-order valence-corrected chi connectivity index (χ0v) is 14.4. The van der Waals surface area contributed by atoms with Gasteiger partial charge in [-0.2, -0.15) is 0 Å². The van der Waals surface area contributed by atoms with Crippen LogP contribution in [0.3, 0.4) is 0 Å². The van der Waals surface area contributed by atoms with Crippen LogP contribution in [0.1, 0.15) is 32.0 Å². The Labute approximate surface area is 140 Å². The van der Waals surface area contributed by atoms with Crippen LogP contribution in [0.2, 0.25) is 0 Å². The van der Waals surface area contributed by atoms with Crippen LogP contribution in [0.5, 0.6) is 0 Å². The molecule has 128 valence electrons. The van der Waals surface area contributed by atoms with Gasteiger partial charge in [-0.1, -0.05) is 12.1 Å². The molecule has 0 radical (unpaired) electrons. The normalized spacial score (nSPS) is 11.2. The van der Waals surface area contributed by atoms with E-state index in [1.807, 2.05) is 0 Å². The van der Waals surface area contributed by atoms with E-state index in [1.54, 1.807) is 52.8 Å². The molecule has 0 fully saturated rings. The van der Waals surface area contributed by atoms with Gasteiger partial charge in [0, 0.05) is 5.69 Å². The molecule has 6 heteroatoms. The van der Waals surface area contributed by atoms with E-state index in [-0.39, 0.29) is 11.4 Å². The average molecular weight is 332 g/mol. The van der Waals surface area contributed by atoms with E-state index < -0.39 is 23.1 Å². The van der Waals surface area contributed by atoms with Gasteiger partial charge in [-0.25, -0.2) is 9.18 Å². The summed E-state index contributed by atoms with van der Waals surface area (Å²) in [6.07, 6.45) is -0.736. The Bertz CT molecular complexity index is 815. The summed E-state index contributed by atoms with van der Waals surface area (Å²) in [5.74, 6) is -0.505. The molecule has 5 nitrogen and oxygen atoms in total. The fraction of sp³-hybridized carbons (Fsp3) is 0.333. The summed E-state index contributed by atoms with van der Waals surface area (Å²) >= 11 is 0. The van der Waals surface area contributed by atoms with Crippen molar-refractivity contribution in [1.82, 2.24) is 4.57 Å². The molecule has 1 amide bonds. The monoisotopic (exact) mass is 332 g/mol. The van der Waals surface area contributed by atoms with Crippen molar-refractivity contribution in [2.75, 3.05) is 5.32 Å². The number of hydrogen-bond donors (Lipinski definition) is 1. The molecule has 0 spiro atoms. The molecule has 0 atom stereocenters. The van der Waals surface area contributed by atoms with Gasteiger partial charge in [-0.05, 0) is 58.4 Å². The Hall–Kier alpha value is -2.63. The van der Waals surface area contributed by atoms with Gasteiger partial charge in [0.25, 0.3) is 5.56 Å². The summed E-state index contributed by atoms with van der Waals surface area (Å²) in [6.45, 7) is 8.59. The molecule has 2 rings (SSSR count). The third-order valence-corrected chi connectivity index (χ3v) is 3.33. The quantitative estimate of drug-likeness (QED) is 0.906. The van der Waals surface area contributed by atoms with Crippen LogP contribution in [0.15, 0.2) is 35.1 Å². The van der Waals surface area contributed by atoms with Gasteiger partial charge in [-0.3, -0.25) is 14.7 Å². The molecule has 24 heavy (non-hydrogen) atoms. The summed E-state index contributed by atoms with van der Waals surface area (Å²) in [7, 11) is 0. The van der Waals surface area contributed by atoms with Crippen LogP contribution in [0, 0.1) is 19.7 Å². The van der Waals surface area contributed by atoms with E-state index >= 15 is 0 Å². The minimum atomic E-state index is -0.736. The number of pyridine rings is 1. The molecule has 0 saturated carbocycles. The number of aromatic nitrogens is 1. The number of carbonyl (C=O) groups is 1. The molecular formula is C18H21FN2O3. The molecular weight excluding hydrogens is 311 g/mol. The lowest BCUT2D eigenvalue weighted by atomic mass is 10.1. The van der Waals surface area contributed by atoms with Gasteiger partial charge in [0.05, 0.1) is 5.69 Å². The molecule has 0 aliphatic heterocycles. The predicted octanol–water partition coefficient (Wildman–Crippen LogP) is 3.94. The number of anilines is 1. The first-order chi connectivity index (χ1) is 11.1. The third-order valence-electron chi connectivity index (χ3n) is 3.33. The number of nitrogens with one attached hydrogen (secondary N) is 1. The van der Waals surface area contributed by atoms with E-state index in [0.717, 1.165) is 0 Å². The van der Waals surface area contributed by atoms with Crippen molar-refractivity contribution in [2.24, 2.45) is 0 Å². The van der Waals surface area contributed by atoms with Crippen LogP contribution in [0.4, 0.5) is 14.9 Å². The van der Waals surface area contributed by atoms with Crippen LogP contribution >= 0.6 is 0 Å². The number of ether oxygens (including phenoxy) is 1. The minimum Gasteiger partial charge on any atom is -0.444 e. The second-order valence-corrected chi connectivity index (χ2v) is 6.56. The molecule has 1 aromatic heterocycles. The molecule has 0 unspecified atom stereocenters. The second kappa shape index (κ2) is 6.47.